The number of nitrogens with two attached hydrogens (primary N) is 2. The topological polar surface area (TPSA) is 123 Å². The van der Waals surface area contributed by atoms with Crippen LogP contribution in [0.4, 0.5) is 0 Å². The standard InChI is InChI=1S/C27H32N4O3/c1-33-22-14-10-20(11-15-22)27(19-7-4-3-5-8-19,21-12-16-23(34-2)17-13-21)25(32)24(28)9-6-18-31-26(29)30/h3-5,7-8,10-17,24H,6,9,18,28H2,1-2H3,(H4,29,30,31)/t24-/m0/s1. The Morgan fingerprint density at radius 2 is 1.35 bits per heavy atom. The van der Waals surface area contributed by atoms with Crippen LogP contribution in [0.25, 0.3) is 0 Å². The molecule has 0 radical (unpaired) electrons. The molecule has 0 aromatic heterocycles. The number of guanidine groups is 1. The highest BCUT2D eigenvalue weighted by atomic mass is 16.5. The second-order valence-electron chi connectivity index (χ2n) is 8.03. The summed E-state index contributed by atoms with van der Waals surface area (Å²) in [6.45, 7) is 0.472. The third-order valence-corrected chi connectivity index (χ3v) is 5.97. The summed E-state index contributed by atoms with van der Waals surface area (Å²) in [6, 6.07) is 24.0. The number of ketones is 1. The number of hydrogen-bond donors (Lipinski definition) is 4. The Labute approximate surface area is 200 Å². The summed E-state index contributed by atoms with van der Waals surface area (Å²) in [6.07, 6.45) is 1.04. The van der Waals surface area contributed by atoms with Crippen LogP contribution < -0.4 is 26.3 Å². The molecule has 0 heterocycles. The SMILES string of the molecule is COc1ccc(C(C(=O)[C@@H](N)CCCNC(=N)N)(c2ccccc2)c2ccc(OC)cc2)cc1. The zero-order valence-corrected chi connectivity index (χ0v) is 19.6. The minimum absolute atomic E-state index is 0.102. The molecule has 0 fully saturated rings. The molecule has 3 aromatic rings. The Kier molecular flexibility index (Phi) is 8.27. The van der Waals surface area contributed by atoms with E-state index < -0.39 is 11.5 Å². The third-order valence-electron chi connectivity index (χ3n) is 5.97. The Morgan fingerprint density at radius 1 is 0.882 bits per heavy atom. The first kappa shape index (κ1) is 24.8. The van der Waals surface area contributed by atoms with E-state index in [-0.39, 0.29) is 11.7 Å². The first-order chi connectivity index (χ1) is 16.4. The lowest BCUT2D eigenvalue weighted by Crippen LogP contribution is -2.48. The third kappa shape index (κ3) is 5.21. The molecule has 0 aliphatic carbocycles. The summed E-state index contributed by atoms with van der Waals surface area (Å²) in [5.74, 6) is 1.19. The van der Waals surface area contributed by atoms with Gasteiger partial charge in [-0.2, -0.15) is 0 Å². The van der Waals surface area contributed by atoms with Gasteiger partial charge >= 0.3 is 0 Å². The van der Waals surface area contributed by atoms with E-state index in [0.717, 1.165) is 16.7 Å². The van der Waals surface area contributed by atoms with Crippen LogP contribution in [0.15, 0.2) is 78.9 Å². The fraction of sp³-hybridized carbons (Fsp3) is 0.259. The van der Waals surface area contributed by atoms with Crippen molar-refractivity contribution >= 4 is 11.7 Å². The van der Waals surface area contributed by atoms with Crippen LogP contribution in [0.2, 0.25) is 0 Å². The van der Waals surface area contributed by atoms with Crippen LogP contribution >= 0.6 is 0 Å². The van der Waals surface area contributed by atoms with Gasteiger partial charge in [-0.3, -0.25) is 10.2 Å². The summed E-state index contributed by atoms with van der Waals surface area (Å²) in [5.41, 5.74) is 13.2. The van der Waals surface area contributed by atoms with E-state index in [4.69, 9.17) is 26.4 Å². The van der Waals surface area contributed by atoms with Gasteiger partial charge in [0.15, 0.2) is 11.7 Å². The van der Waals surface area contributed by atoms with E-state index in [2.05, 4.69) is 5.32 Å². The van der Waals surface area contributed by atoms with Crippen molar-refractivity contribution in [1.29, 1.82) is 5.41 Å². The molecule has 0 amide bonds. The number of methoxy groups -OCH3 is 2. The van der Waals surface area contributed by atoms with Gasteiger partial charge in [0, 0.05) is 6.54 Å². The lowest BCUT2D eigenvalue weighted by atomic mass is 9.64. The summed E-state index contributed by atoms with van der Waals surface area (Å²) in [5, 5.41) is 10.1. The van der Waals surface area contributed by atoms with Crippen molar-refractivity contribution in [2.24, 2.45) is 11.5 Å². The Bertz CT molecular complexity index is 1040. The predicted molar refractivity (Wildman–Crippen MR) is 134 cm³/mol. The first-order valence-corrected chi connectivity index (χ1v) is 11.2. The zero-order chi connectivity index (χ0) is 24.6. The van der Waals surface area contributed by atoms with Gasteiger partial charge in [-0.05, 0) is 53.8 Å². The highest BCUT2D eigenvalue weighted by Gasteiger charge is 2.45. The molecule has 0 bridgehead atoms. The molecule has 0 saturated carbocycles. The maximum absolute atomic E-state index is 14.3. The number of benzene rings is 3. The molecule has 6 N–H and O–H groups in total. The average molecular weight is 461 g/mol. The maximum Gasteiger partial charge on any atom is 0.185 e. The molecule has 3 aromatic carbocycles. The highest BCUT2D eigenvalue weighted by Crippen LogP contribution is 2.42. The average Bonchev–Trinajstić information content (AvgIpc) is 2.88. The van der Waals surface area contributed by atoms with E-state index in [1.54, 1.807) is 14.2 Å². The molecule has 178 valence electrons. The largest absolute Gasteiger partial charge is 0.497 e. The molecule has 7 nitrogen and oxygen atoms in total. The monoisotopic (exact) mass is 460 g/mol. The van der Waals surface area contributed by atoms with E-state index >= 15 is 0 Å². The van der Waals surface area contributed by atoms with E-state index in [1.807, 2.05) is 78.9 Å². The molecule has 34 heavy (non-hydrogen) atoms. The van der Waals surface area contributed by atoms with Crippen LogP contribution in [0, 0.1) is 5.41 Å². The Morgan fingerprint density at radius 3 is 1.79 bits per heavy atom. The number of ether oxygens (including phenoxy) is 2. The van der Waals surface area contributed by atoms with Crippen molar-refractivity contribution in [3.05, 3.63) is 95.6 Å². The summed E-state index contributed by atoms with van der Waals surface area (Å²) in [7, 11) is 3.22. The van der Waals surface area contributed by atoms with Crippen molar-refractivity contribution in [2.45, 2.75) is 24.3 Å². The molecular formula is C27H32N4O3. The molecule has 0 aliphatic rings. The van der Waals surface area contributed by atoms with Crippen LogP contribution in [0.3, 0.4) is 0 Å². The molecule has 0 unspecified atom stereocenters. The molecule has 0 spiro atoms. The maximum atomic E-state index is 14.3. The lowest BCUT2D eigenvalue weighted by Gasteiger charge is -2.36. The van der Waals surface area contributed by atoms with E-state index in [1.165, 1.54) is 0 Å². The fourth-order valence-electron chi connectivity index (χ4n) is 4.25. The van der Waals surface area contributed by atoms with Gasteiger partial charge in [-0.15, -0.1) is 0 Å². The van der Waals surface area contributed by atoms with Crippen molar-refractivity contribution in [3.8, 4) is 11.5 Å². The van der Waals surface area contributed by atoms with Crippen molar-refractivity contribution in [2.75, 3.05) is 20.8 Å². The van der Waals surface area contributed by atoms with Crippen LogP contribution in [-0.2, 0) is 10.2 Å². The molecular weight excluding hydrogens is 428 g/mol. The van der Waals surface area contributed by atoms with Crippen molar-refractivity contribution in [3.63, 3.8) is 0 Å². The predicted octanol–water partition coefficient (Wildman–Crippen LogP) is 3.20. The normalized spacial score (nSPS) is 12.0. The molecule has 7 heteroatoms. The highest BCUT2D eigenvalue weighted by molar-refractivity contribution is 6.01. The number of carbonyl (C=O) groups excluding carboxylic acids is 1. The first-order valence-electron chi connectivity index (χ1n) is 11.2. The van der Waals surface area contributed by atoms with Gasteiger partial charge in [0.25, 0.3) is 0 Å². The van der Waals surface area contributed by atoms with Crippen LogP contribution in [0.1, 0.15) is 29.5 Å². The van der Waals surface area contributed by atoms with Gasteiger partial charge < -0.3 is 26.3 Å². The van der Waals surface area contributed by atoms with E-state index in [9.17, 15) is 4.79 Å². The van der Waals surface area contributed by atoms with Gasteiger partial charge in [-0.25, -0.2) is 0 Å². The van der Waals surface area contributed by atoms with Crippen LogP contribution in [-0.4, -0.2) is 38.5 Å². The number of Topliss-reactive ketones (excluding diaryl/α,β-unsaturated/α-hetero) is 1. The number of carbonyl (C=O) groups is 1. The second kappa shape index (κ2) is 11.3. The number of hydrogen-bond acceptors (Lipinski definition) is 5. The lowest BCUT2D eigenvalue weighted by molar-refractivity contribution is -0.123. The quantitative estimate of drug-likeness (QED) is 0.151. The van der Waals surface area contributed by atoms with E-state index in [0.29, 0.717) is 30.9 Å². The number of nitrogens with one attached hydrogen (secondary N) is 2. The molecule has 3 rings (SSSR count). The van der Waals surface area contributed by atoms with Crippen molar-refractivity contribution in [1.82, 2.24) is 5.32 Å². The van der Waals surface area contributed by atoms with Gasteiger partial charge in [0.2, 0.25) is 0 Å². The van der Waals surface area contributed by atoms with Gasteiger partial charge in [0.05, 0.1) is 20.3 Å². The summed E-state index contributed by atoms with van der Waals surface area (Å²) < 4.78 is 10.7. The van der Waals surface area contributed by atoms with Gasteiger partial charge in [0.1, 0.15) is 16.9 Å². The fourth-order valence-corrected chi connectivity index (χ4v) is 4.25. The van der Waals surface area contributed by atoms with Crippen LogP contribution in [0.5, 0.6) is 11.5 Å². The molecule has 1 atom stereocenters. The minimum Gasteiger partial charge on any atom is -0.497 e. The Hall–Kier alpha value is -3.84. The van der Waals surface area contributed by atoms with Gasteiger partial charge in [-0.1, -0.05) is 54.6 Å². The smallest absolute Gasteiger partial charge is 0.185 e. The molecule has 0 saturated heterocycles. The number of rotatable bonds is 11. The minimum atomic E-state index is -1.13. The Balaban J connectivity index is 2.16. The molecule has 0 aliphatic heterocycles. The summed E-state index contributed by atoms with van der Waals surface area (Å²) in [4.78, 5) is 14.3. The second-order valence-corrected chi connectivity index (χ2v) is 8.03. The summed E-state index contributed by atoms with van der Waals surface area (Å²) >= 11 is 0. The van der Waals surface area contributed by atoms with Crippen molar-refractivity contribution < 1.29 is 14.3 Å². The zero-order valence-electron chi connectivity index (χ0n) is 19.6.